The molecule has 2 rings (SSSR count). The molecule has 0 amide bonds. The van der Waals surface area contributed by atoms with Crippen LogP contribution in [0.3, 0.4) is 0 Å². The molecule has 1 aromatic rings. The molecule has 1 fully saturated rings. The third kappa shape index (κ3) is 3.00. The lowest BCUT2D eigenvalue weighted by Crippen LogP contribution is -2.38. The van der Waals surface area contributed by atoms with Gasteiger partial charge in [-0.25, -0.2) is 4.39 Å². The molecule has 1 aromatic carbocycles. The van der Waals surface area contributed by atoms with Gasteiger partial charge in [-0.05, 0) is 24.2 Å². The van der Waals surface area contributed by atoms with E-state index >= 15 is 0 Å². The van der Waals surface area contributed by atoms with Crippen LogP contribution in [-0.2, 0) is 0 Å². The van der Waals surface area contributed by atoms with E-state index in [-0.39, 0.29) is 5.82 Å². The van der Waals surface area contributed by atoms with E-state index in [0.717, 1.165) is 25.9 Å². The Morgan fingerprint density at radius 1 is 1.25 bits per heavy atom. The summed E-state index contributed by atoms with van der Waals surface area (Å²) in [4.78, 5) is 2.10. The van der Waals surface area contributed by atoms with Gasteiger partial charge >= 0.3 is 0 Å². The van der Waals surface area contributed by atoms with Gasteiger partial charge in [-0.15, -0.1) is 0 Å². The number of piperidine rings is 1. The van der Waals surface area contributed by atoms with E-state index in [9.17, 15) is 4.39 Å². The maximum atomic E-state index is 14.1. The number of methoxy groups -OCH3 is 1. The number of ether oxygens (including phenoxy) is 1. The lowest BCUT2D eigenvalue weighted by atomic mass is 9.75. The normalized spacial score (nSPS) is 17.4. The molecule has 0 saturated carbocycles. The van der Waals surface area contributed by atoms with Gasteiger partial charge in [-0.3, -0.25) is 0 Å². The first kappa shape index (κ1) is 14.9. The molecule has 3 nitrogen and oxygen atoms in total. The van der Waals surface area contributed by atoms with Crippen molar-refractivity contribution in [1.82, 2.24) is 0 Å². The third-order valence-corrected chi connectivity index (χ3v) is 4.36. The number of rotatable bonds is 2. The van der Waals surface area contributed by atoms with E-state index in [1.807, 2.05) is 0 Å². The lowest BCUT2D eigenvalue weighted by Gasteiger charge is -2.39. The Balaban J connectivity index is 2.15. The van der Waals surface area contributed by atoms with Crippen molar-refractivity contribution in [3.63, 3.8) is 0 Å². The smallest absolute Gasteiger partial charge is 0.148 e. The fourth-order valence-corrected chi connectivity index (χ4v) is 2.96. The van der Waals surface area contributed by atoms with E-state index in [1.54, 1.807) is 13.2 Å². The Kier molecular flexibility index (Phi) is 4.11. The monoisotopic (exact) mass is 280 g/mol. The van der Waals surface area contributed by atoms with Crippen LogP contribution in [-0.4, -0.2) is 20.2 Å². The van der Waals surface area contributed by atoms with Gasteiger partial charge in [0.05, 0.1) is 18.5 Å². The number of halogens is 1. The molecule has 1 aliphatic rings. The predicted molar refractivity (Wildman–Crippen MR) is 81.8 cm³/mol. The highest BCUT2D eigenvalue weighted by Gasteiger charge is 2.29. The zero-order valence-corrected chi connectivity index (χ0v) is 12.9. The summed E-state index contributed by atoms with van der Waals surface area (Å²) in [5, 5.41) is 0. The number of hydrogen-bond acceptors (Lipinski definition) is 3. The van der Waals surface area contributed by atoms with Crippen LogP contribution in [0.15, 0.2) is 12.1 Å². The van der Waals surface area contributed by atoms with Crippen molar-refractivity contribution in [2.45, 2.75) is 33.6 Å². The molecule has 1 aliphatic heterocycles. The summed E-state index contributed by atoms with van der Waals surface area (Å²) in [5.74, 6) is 0.967. The van der Waals surface area contributed by atoms with Crippen molar-refractivity contribution in [2.24, 2.45) is 11.3 Å². The SMILES string of the molecule is COc1cc(N2CCC(C(C)(C)C)CC2)c(F)cc1N. The molecular formula is C16H25FN2O. The fourth-order valence-electron chi connectivity index (χ4n) is 2.96. The second-order valence-corrected chi connectivity index (χ2v) is 6.67. The standard InChI is InChI=1S/C16H25FN2O/c1-16(2,3)11-5-7-19(8-6-11)14-10-15(20-4)13(18)9-12(14)17/h9-11H,5-8,18H2,1-4H3. The summed E-state index contributed by atoms with van der Waals surface area (Å²) < 4.78 is 19.3. The second kappa shape index (κ2) is 5.51. The molecule has 2 N–H and O–H groups in total. The Hall–Kier alpha value is -1.45. The highest BCUT2D eigenvalue weighted by atomic mass is 19.1. The van der Waals surface area contributed by atoms with Crippen LogP contribution in [0.1, 0.15) is 33.6 Å². The number of benzene rings is 1. The van der Waals surface area contributed by atoms with Crippen molar-refractivity contribution in [2.75, 3.05) is 30.8 Å². The highest BCUT2D eigenvalue weighted by Crippen LogP contribution is 2.37. The zero-order chi connectivity index (χ0) is 14.9. The van der Waals surface area contributed by atoms with E-state index < -0.39 is 0 Å². The molecule has 0 spiro atoms. The van der Waals surface area contributed by atoms with Crippen LogP contribution < -0.4 is 15.4 Å². The van der Waals surface area contributed by atoms with Crippen LogP contribution >= 0.6 is 0 Å². The van der Waals surface area contributed by atoms with Crippen molar-refractivity contribution in [1.29, 1.82) is 0 Å². The summed E-state index contributed by atoms with van der Waals surface area (Å²) in [6.07, 6.45) is 2.19. The molecule has 20 heavy (non-hydrogen) atoms. The molecule has 0 atom stereocenters. The Morgan fingerprint density at radius 2 is 1.85 bits per heavy atom. The summed E-state index contributed by atoms with van der Waals surface area (Å²) in [7, 11) is 1.55. The largest absolute Gasteiger partial charge is 0.495 e. The molecule has 0 aliphatic carbocycles. The van der Waals surface area contributed by atoms with E-state index in [4.69, 9.17) is 10.5 Å². The van der Waals surface area contributed by atoms with Crippen LogP contribution in [0.2, 0.25) is 0 Å². The number of nitrogens with two attached hydrogens (primary N) is 1. The quantitative estimate of drug-likeness (QED) is 0.840. The van der Waals surface area contributed by atoms with Gasteiger partial charge in [0.2, 0.25) is 0 Å². The summed E-state index contributed by atoms with van der Waals surface area (Å²) >= 11 is 0. The molecule has 0 radical (unpaired) electrons. The number of hydrogen-bond donors (Lipinski definition) is 1. The third-order valence-electron chi connectivity index (χ3n) is 4.36. The van der Waals surface area contributed by atoms with Gasteiger partial charge in [0.15, 0.2) is 0 Å². The maximum absolute atomic E-state index is 14.1. The zero-order valence-electron chi connectivity index (χ0n) is 12.9. The van der Waals surface area contributed by atoms with Crippen LogP contribution in [0.5, 0.6) is 5.75 Å². The second-order valence-electron chi connectivity index (χ2n) is 6.67. The van der Waals surface area contributed by atoms with Gasteiger partial charge in [-0.2, -0.15) is 0 Å². The summed E-state index contributed by atoms with van der Waals surface area (Å²) in [6, 6.07) is 3.06. The molecule has 0 bridgehead atoms. The molecule has 4 heteroatoms. The van der Waals surface area contributed by atoms with Gasteiger partial charge in [-0.1, -0.05) is 20.8 Å². The predicted octanol–water partition coefficient (Wildman–Crippen LogP) is 3.68. The van der Waals surface area contributed by atoms with Gasteiger partial charge in [0.1, 0.15) is 11.6 Å². The highest BCUT2D eigenvalue weighted by molar-refractivity contribution is 5.63. The first-order valence-electron chi connectivity index (χ1n) is 7.21. The molecule has 0 aromatic heterocycles. The van der Waals surface area contributed by atoms with Crippen molar-refractivity contribution in [3.8, 4) is 5.75 Å². The van der Waals surface area contributed by atoms with Gasteiger partial charge in [0.25, 0.3) is 0 Å². The van der Waals surface area contributed by atoms with Crippen molar-refractivity contribution >= 4 is 11.4 Å². The van der Waals surface area contributed by atoms with Crippen LogP contribution in [0.25, 0.3) is 0 Å². The van der Waals surface area contributed by atoms with E-state index in [1.165, 1.54) is 6.07 Å². The minimum absolute atomic E-state index is 0.266. The van der Waals surface area contributed by atoms with E-state index in [2.05, 4.69) is 25.7 Å². The first-order chi connectivity index (χ1) is 9.32. The number of nitrogen functional groups attached to an aromatic ring is 1. The molecular weight excluding hydrogens is 255 g/mol. The lowest BCUT2D eigenvalue weighted by molar-refractivity contribution is 0.198. The summed E-state index contributed by atoms with van der Waals surface area (Å²) in [5.41, 5.74) is 6.99. The minimum atomic E-state index is -0.266. The van der Waals surface area contributed by atoms with E-state index in [0.29, 0.717) is 28.5 Å². The Morgan fingerprint density at radius 3 is 2.35 bits per heavy atom. The number of anilines is 2. The average Bonchev–Trinajstić information content (AvgIpc) is 2.38. The number of nitrogens with zero attached hydrogens (tertiary/aromatic N) is 1. The Labute approximate surface area is 120 Å². The van der Waals surface area contributed by atoms with Gasteiger partial charge in [0, 0.05) is 25.2 Å². The molecule has 1 heterocycles. The molecule has 1 saturated heterocycles. The maximum Gasteiger partial charge on any atom is 0.148 e. The molecule has 112 valence electrons. The summed E-state index contributed by atoms with van der Waals surface area (Å²) in [6.45, 7) is 8.60. The topological polar surface area (TPSA) is 38.5 Å². The van der Waals surface area contributed by atoms with Crippen LogP contribution in [0, 0.1) is 17.2 Å². The van der Waals surface area contributed by atoms with Crippen molar-refractivity contribution < 1.29 is 9.13 Å². The Bertz CT molecular complexity index is 474. The molecule has 0 unspecified atom stereocenters. The van der Waals surface area contributed by atoms with Gasteiger partial charge < -0.3 is 15.4 Å². The fraction of sp³-hybridized carbons (Fsp3) is 0.625. The minimum Gasteiger partial charge on any atom is -0.495 e. The average molecular weight is 280 g/mol. The van der Waals surface area contributed by atoms with Crippen LogP contribution in [0.4, 0.5) is 15.8 Å². The first-order valence-corrected chi connectivity index (χ1v) is 7.21. The van der Waals surface area contributed by atoms with Crippen molar-refractivity contribution in [3.05, 3.63) is 17.9 Å².